The van der Waals surface area contributed by atoms with Crippen LogP contribution in [0.25, 0.3) is 67.5 Å². The summed E-state index contributed by atoms with van der Waals surface area (Å²) in [6.45, 7) is 12.3. The van der Waals surface area contributed by atoms with Crippen LogP contribution in [0.1, 0.15) is 30.5 Å². The molecule has 4 heteroatoms. The first-order chi connectivity index (χ1) is 24.9. The predicted octanol–water partition coefficient (Wildman–Crippen LogP) is 11.6. The van der Waals surface area contributed by atoms with Gasteiger partial charge in [-0.2, -0.15) is 0 Å². The third-order valence-electron chi connectivity index (χ3n) is 9.75. The zero-order valence-corrected chi connectivity index (χ0v) is 28.7. The molecule has 1 aliphatic carbocycles. The van der Waals surface area contributed by atoms with E-state index in [1.807, 2.05) is 60.7 Å². The van der Waals surface area contributed by atoms with Crippen LogP contribution < -0.4 is 0 Å². The highest BCUT2D eigenvalue weighted by Gasteiger charge is 2.35. The van der Waals surface area contributed by atoms with Crippen molar-refractivity contribution in [2.75, 3.05) is 0 Å². The van der Waals surface area contributed by atoms with Crippen LogP contribution in [0.3, 0.4) is 0 Å². The second-order valence-corrected chi connectivity index (χ2v) is 13.2. The van der Waals surface area contributed by atoms with Gasteiger partial charge in [0.05, 0.1) is 5.71 Å². The van der Waals surface area contributed by atoms with E-state index >= 15 is 0 Å². The number of fused-ring (bicyclic) bond motifs is 3. The number of hydrogen-bond donors (Lipinski definition) is 0. The quantitative estimate of drug-likeness (QED) is 0.153. The molecule has 6 aromatic carbocycles. The van der Waals surface area contributed by atoms with Gasteiger partial charge in [-0.05, 0) is 74.8 Å². The Kier molecular flexibility index (Phi) is 8.13. The van der Waals surface area contributed by atoms with E-state index in [2.05, 4.69) is 117 Å². The lowest BCUT2D eigenvalue weighted by Gasteiger charge is -2.22. The molecular weight excluding hydrogens is 621 g/mol. The summed E-state index contributed by atoms with van der Waals surface area (Å²) < 4.78 is 0. The van der Waals surface area contributed by atoms with Crippen molar-refractivity contribution >= 4 is 5.71 Å². The highest BCUT2D eigenvalue weighted by Crippen LogP contribution is 2.49. The maximum Gasteiger partial charge on any atom is 0.164 e. The molecule has 1 aromatic heterocycles. The lowest BCUT2D eigenvalue weighted by molar-refractivity contribution is 0.660. The summed E-state index contributed by atoms with van der Waals surface area (Å²) in [5.74, 6) is 1.88. The van der Waals surface area contributed by atoms with Gasteiger partial charge < -0.3 is 0 Å². The summed E-state index contributed by atoms with van der Waals surface area (Å²) in [4.78, 5) is 19.5. The minimum absolute atomic E-state index is 0.114. The van der Waals surface area contributed by atoms with Gasteiger partial charge in [-0.3, -0.25) is 4.99 Å². The zero-order chi connectivity index (χ0) is 35.0. The Morgan fingerprint density at radius 3 is 1.61 bits per heavy atom. The normalized spacial score (nSPS) is 12.9. The molecule has 51 heavy (non-hydrogen) atoms. The summed E-state index contributed by atoms with van der Waals surface area (Å²) in [5.41, 5.74) is 14.1. The number of benzene rings is 6. The van der Waals surface area contributed by atoms with E-state index in [0.717, 1.165) is 50.2 Å². The molecule has 0 spiro atoms. The average molecular weight is 657 g/mol. The summed E-state index contributed by atoms with van der Waals surface area (Å²) in [7, 11) is 0. The Balaban J connectivity index is 1.32. The van der Waals surface area contributed by atoms with Crippen molar-refractivity contribution in [2.24, 2.45) is 4.99 Å². The molecule has 0 unspecified atom stereocenters. The van der Waals surface area contributed by atoms with Crippen LogP contribution in [0.4, 0.5) is 0 Å². The molecule has 7 aromatic rings. The molecule has 0 aliphatic heterocycles. The van der Waals surface area contributed by atoms with E-state index < -0.39 is 0 Å². The van der Waals surface area contributed by atoms with Gasteiger partial charge in [-0.1, -0.05) is 148 Å². The topological polar surface area (TPSA) is 51.0 Å². The molecule has 0 fully saturated rings. The first-order valence-corrected chi connectivity index (χ1v) is 17.1. The van der Waals surface area contributed by atoms with Crippen LogP contribution in [0.2, 0.25) is 0 Å². The van der Waals surface area contributed by atoms with Gasteiger partial charge in [0.15, 0.2) is 17.5 Å². The lowest BCUT2D eigenvalue weighted by Crippen LogP contribution is -2.14. The second kappa shape index (κ2) is 13.1. The summed E-state index contributed by atoms with van der Waals surface area (Å²) in [6.07, 6.45) is 3.29. The molecule has 1 heterocycles. The van der Waals surface area contributed by atoms with Gasteiger partial charge in [-0.15, -0.1) is 0 Å². The van der Waals surface area contributed by atoms with E-state index in [1.54, 1.807) is 12.3 Å². The van der Waals surface area contributed by atoms with Crippen LogP contribution in [-0.2, 0) is 5.41 Å². The van der Waals surface area contributed by atoms with Gasteiger partial charge in [-0.25, -0.2) is 15.0 Å². The molecule has 0 atom stereocenters. The summed E-state index contributed by atoms with van der Waals surface area (Å²) in [6, 6.07) is 50.9. The van der Waals surface area contributed by atoms with Crippen LogP contribution in [-0.4, -0.2) is 20.7 Å². The van der Waals surface area contributed by atoms with Crippen LogP contribution >= 0.6 is 0 Å². The Morgan fingerprint density at radius 1 is 0.490 bits per heavy atom. The van der Waals surface area contributed by atoms with E-state index in [0.29, 0.717) is 17.5 Å². The van der Waals surface area contributed by atoms with Crippen molar-refractivity contribution in [2.45, 2.75) is 19.3 Å². The highest BCUT2D eigenvalue weighted by molar-refractivity contribution is 6.08. The van der Waals surface area contributed by atoms with Gasteiger partial charge in [0.2, 0.25) is 0 Å². The minimum Gasteiger partial charge on any atom is -0.257 e. The van der Waals surface area contributed by atoms with Gasteiger partial charge >= 0.3 is 0 Å². The van der Waals surface area contributed by atoms with E-state index in [-0.39, 0.29) is 5.41 Å². The minimum atomic E-state index is -0.114. The summed E-state index contributed by atoms with van der Waals surface area (Å²) >= 11 is 0. The van der Waals surface area contributed by atoms with E-state index in [4.69, 9.17) is 15.0 Å². The maximum atomic E-state index is 5.09. The fourth-order valence-corrected chi connectivity index (χ4v) is 7.09. The number of allylic oxidation sites excluding steroid dienone is 1. The highest BCUT2D eigenvalue weighted by atomic mass is 15.0. The standard InChI is InChI=1S/C47H36N4/c1-5-43(48-6-2)32-23-21-31(22-24-32)36-27-37(35-25-26-40-39-19-13-14-20-41(39)47(3,4)42(40)30-35)29-38(28-36)46-50-44(33-15-9-7-10-16-33)49-45(51-46)34-17-11-8-12-18-34/h5-30H,1-2H2,3-4H3. The Labute approximate surface area is 299 Å². The first-order valence-electron chi connectivity index (χ1n) is 17.1. The average Bonchev–Trinajstić information content (AvgIpc) is 3.42. The Bertz CT molecular complexity index is 2400. The van der Waals surface area contributed by atoms with Gasteiger partial charge in [0, 0.05) is 33.9 Å². The molecule has 1 aliphatic rings. The molecule has 8 rings (SSSR count). The number of aromatic nitrogens is 3. The molecule has 4 nitrogen and oxygen atoms in total. The molecule has 0 radical (unpaired) electrons. The zero-order valence-electron chi connectivity index (χ0n) is 28.7. The van der Waals surface area contributed by atoms with E-state index in [9.17, 15) is 0 Å². The number of nitrogens with zero attached hydrogens (tertiary/aromatic N) is 4. The van der Waals surface area contributed by atoms with Crippen molar-refractivity contribution in [3.8, 4) is 67.5 Å². The predicted molar refractivity (Wildman–Crippen MR) is 212 cm³/mol. The molecule has 0 N–H and O–H groups in total. The van der Waals surface area contributed by atoms with Gasteiger partial charge in [0.1, 0.15) is 0 Å². The molecule has 244 valence electrons. The fourth-order valence-electron chi connectivity index (χ4n) is 7.09. The van der Waals surface area contributed by atoms with Gasteiger partial charge in [0.25, 0.3) is 0 Å². The fraction of sp³-hybridized carbons (Fsp3) is 0.0638. The smallest absolute Gasteiger partial charge is 0.164 e. The van der Waals surface area contributed by atoms with Crippen molar-refractivity contribution < 1.29 is 0 Å². The Hall–Kier alpha value is -6.52. The summed E-state index contributed by atoms with van der Waals surface area (Å²) in [5, 5.41) is 0. The third-order valence-corrected chi connectivity index (χ3v) is 9.75. The monoisotopic (exact) mass is 656 g/mol. The van der Waals surface area contributed by atoms with Crippen molar-refractivity contribution in [3.05, 3.63) is 188 Å². The lowest BCUT2D eigenvalue weighted by atomic mass is 9.81. The molecule has 0 bridgehead atoms. The molecular formula is C47H36N4. The second-order valence-electron chi connectivity index (χ2n) is 13.2. The van der Waals surface area contributed by atoms with Crippen molar-refractivity contribution in [3.63, 3.8) is 0 Å². The van der Waals surface area contributed by atoms with Crippen LogP contribution in [0, 0.1) is 0 Å². The number of aliphatic imine (C=N–C) groups is 1. The largest absolute Gasteiger partial charge is 0.257 e. The van der Waals surface area contributed by atoms with Crippen molar-refractivity contribution in [1.29, 1.82) is 0 Å². The third kappa shape index (κ3) is 5.91. The SMILES string of the molecule is C=CN=C(C=C)c1ccc(-c2cc(-c3ccc4c(c3)C(C)(C)c3ccccc3-4)cc(-c3nc(-c4ccccc4)nc(-c4ccccc4)n3)c2)cc1. The number of rotatable bonds is 8. The number of hydrogen-bond acceptors (Lipinski definition) is 4. The van der Waals surface area contributed by atoms with Crippen molar-refractivity contribution in [1.82, 2.24) is 15.0 Å². The first kappa shape index (κ1) is 31.7. The maximum absolute atomic E-state index is 5.09. The Morgan fingerprint density at radius 2 is 1.00 bits per heavy atom. The molecule has 0 saturated carbocycles. The molecule has 0 saturated heterocycles. The van der Waals surface area contributed by atoms with Crippen LogP contribution in [0.15, 0.2) is 176 Å². The van der Waals surface area contributed by atoms with Crippen LogP contribution in [0.5, 0.6) is 0 Å². The van der Waals surface area contributed by atoms with E-state index in [1.165, 1.54) is 22.3 Å². The molecule has 0 amide bonds.